The topological polar surface area (TPSA) is 47.0 Å². The lowest BCUT2D eigenvalue weighted by Crippen LogP contribution is -1.96. The van der Waals surface area contributed by atoms with Crippen LogP contribution in [0.4, 0.5) is 4.39 Å². The first-order valence-corrected chi connectivity index (χ1v) is 7.21. The van der Waals surface area contributed by atoms with E-state index in [1.165, 1.54) is 30.5 Å². The minimum absolute atomic E-state index is 0.115. The molecular weight excluding hydrogens is 289 g/mol. The number of halogens is 2. The molecule has 0 aliphatic rings. The molecule has 2 rings (SSSR count). The highest BCUT2D eigenvalue weighted by atomic mass is 35.5. The molecule has 6 heteroatoms. The Morgan fingerprint density at radius 2 is 2.00 bits per heavy atom. The van der Waals surface area contributed by atoms with Gasteiger partial charge in [-0.2, -0.15) is 0 Å². The van der Waals surface area contributed by atoms with Gasteiger partial charge in [-0.25, -0.2) is 12.8 Å². The Bertz CT molecular complexity index is 729. The molecule has 0 fully saturated rings. The number of nitrogens with zero attached hydrogens (tertiary/aromatic N) is 1. The van der Waals surface area contributed by atoms with Gasteiger partial charge in [-0.3, -0.25) is 4.98 Å². The molecule has 0 aliphatic heterocycles. The minimum atomic E-state index is -3.72. The number of aromatic nitrogens is 1. The fourth-order valence-corrected chi connectivity index (χ4v) is 2.59. The molecule has 0 unspecified atom stereocenters. The predicted molar refractivity (Wildman–Crippen MR) is 71.9 cm³/mol. The monoisotopic (exact) mass is 297 g/mol. The van der Waals surface area contributed by atoms with Crippen molar-refractivity contribution < 1.29 is 12.8 Å². The molecule has 0 spiro atoms. The molecule has 0 saturated heterocycles. The SMILES string of the molecule is O=S(=O)(/C=C/c1ncccc1Cl)c1cccc(F)c1. The summed E-state index contributed by atoms with van der Waals surface area (Å²) in [5, 5.41) is 1.30. The van der Waals surface area contributed by atoms with Crippen molar-refractivity contribution in [3.63, 3.8) is 0 Å². The van der Waals surface area contributed by atoms with E-state index in [0.717, 1.165) is 11.5 Å². The minimum Gasteiger partial charge on any atom is -0.255 e. The molecule has 1 aromatic carbocycles. The second kappa shape index (κ2) is 5.50. The zero-order chi connectivity index (χ0) is 13.9. The fourth-order valence-electron chi connectivity index (χ4n) is 1.40. The summed E-state index contributed by atoms with van der Waals surface area (Å²) in [6.45, 7) is 0. The summed E-state index contributed by atoms with van der Waals surface area (Å²) in [5.74, 6) is -0.606. The average molecular weight is 298 g/mol. The normalized spacial score (nSPS) is 11.9. The van der Waals surface area contributed by atoms with Crippen molar-refractivity contribution in [2.24, 2.45) is 0 Å². The molecule has 0 bridgehead atoms. The van der Waals surface area contributed by atoms with Gasteiger partial charge in [0.2, 0.25) is 0 Å². The van der Waals surface area contributed by atoms with Gasteiger partial charge in [0.15, 0.2) is 9.84 Å². The van der Waals surface area contributed by atoms with Crippen LogP contribution >= 0.6 is 11.6 Å². The molecule has 19 heavy (non-hydrogen) atoms. The second-order valence-corrected chi connectivity index (χ2v) is 5.92. The third-order valence-electron chi connectivity index (χ3n) is 2.32. The molecule has 0 aliphatic carbocycles. The van der Waals surface area contributed by atoms with Gasteiger partial charge in [0, 0.05) is 11.6 Å². The third kappa shape index (κ3) is 3.39. The Balaban J connectivity index is 2.35. The van der Waals surface area contributed by atoms with Crippen molar-refractivity contribution in [2.45, 2.75) is 4.90 Å². The van der Waals surface area contributed by atoms with Gasteiger partial charge in [0.1, 0.15) is 5.82 Å². The van der Waals surface area contributed by atoms with Gasteiger partial charge in [-0.05, 0) is 36.4 Å². The van der Waals surface area contributed by atoms with E-state index in [1.807, 2.05) is 0 Å². The van der Waals surface area contributed by atoms with E-state index in [-0.39, 0.29) is 4.90 Å². The highest BCUT2D eigenvalue weighted by molar-refractivity contribution is 7.94. The standard InChI is InChI=1S/C13H9ClFNO2S/c14-12-5-2-7-16-13(12)6-8-19(17,18)11-4-1-3-10(15)9-11/h1-9H/b8-6+. The van der Waals surface area contributed by atoms with Crippen LogP contribution in [0.15, 0.2) is 52.9 Å². The van der Waals surface area contributed by atoms with Crippen LogP contribution in [0.5, 0.6) is 0 Å². The molecule has 0 saturated carbocycles. The Morgan fingerprint density at radius 1 is 1.21 bits per heavy atom. The van der Waals surface area contributed by atoms with Crippen molar-refractivity contribution in [1.82, 2.24) is 4.98 Å². The first kappa shape index (κ1) is 13.7. The fraction of sp³-hybridized carbons (Fsp3) is 0. The zero-order valence-corrected chi connectivity index (χ0v) is 11.2. The van der Waals surface area contributed by atoms with Crippen molar-refractivity contribution >= 4 is 27.5 Å². The number of hydrogen-bond donors (Lipinski definition) is 0. The molecule has 1 aromatic heterocycles. The third-order valence-corrected chi connectivity index (χ3v) is 4.04. The largest absolute Gasteiger partial charge is 0.255 e. The van der Waals surface area contributed by atoms with E-state index in [4.69, 9.17) is 11.6 Å². The van der Waals surface area contributed by atoms with Gasteiger partial charge in [-0.1, -0.05) is 17.7 Å². The van der Waals surface area contributed by atoms with Crippen LogP contribution in [0.2, 0.25) is 5.02 Å². The van der Waals surface area contributed by atoms with Gasteiger partial charge < -0.3 is 0 Å². The van der Waals surface area contributed by atoms with Crippen molar-refractivity contribution in [2.75, 3.05) is 0 Å². The smallest absolute Gasteiger partial charge is 0.199 e. The Hall–Kier alpha value is -1.72. The van der Waals surface area contributed by atoms with E-state index in [1.54, 1.807) is 12.1 Å². The highest BCUT2D eigenvalue weighted by Crippen LogP contribution is 2.17. The van der Waals surface area contributed by atoms with E-state index >= 15 is 0 Å². The lowest BCUT2D eigenvalue weighted by atomic mass is 10.3. The Morgan fingerprint density at radius 3 is 2.68 bits per heavy atom. The maximum Gasteiger partial charge on any atom is 0.199 e. The highest BCUT2D eigenvalue weighted by Gasteiger charge is 2.11. The lowest BCUT2D eigenvalue weighted by Gasteiger charge is -1.99. The van der Waals surface area contributed by atoms with Crippen LogP contribution in [0, 0.1) is 5.82 Å². The quantitative estimate of drug-likeness (QED) is 0.873. The van der Waals surface area contributed by atoms with Crippen LogP contribution in [-0.2, 0) is 9.84 Å². The molecule has 0 N–H and O–H groups in total. The van der Waals surface area contributed by atoms with Crippen molar-refractivity contribution in [3.05, 3.63) is 64.5 Å². The summed E-state index contributed by atoms with van der Waals surface area (Å²) < 4.78 is 36.9. The molecule has 0 radical (unpaired) electrons. The zero-order valence-electron chi connectivity index (χ0n) is 9.62. The van der Waals surface area contributed by atoms with E-state index < -0.39 is 15.7 Å². The number of rotatable bonds is 3. The summed E-state index contributed by atoms with van der Waals surface area (Å²) in [6.07, 6.45) is 2.78. The van der Waals surface area contributed by atoms with Crippen LogP contribution in [0.25, 0.3) is 6.08 Å². The first-order valence-electron chi connectivity index (χ1n) is 5.28. The molecule has 0 atom stereocenters. The molecular formula is C13H9ClFNO2S. The van der Waals surface area contributed by atoms with E-state index in [2.05, 4.69) is 4.98 Å². The lowest BCUT2D eigenvalue weighted by molar-refractivity contribution is 0.598. The van der Waals surface area contributed by atoms with E-state index in [9.17, 15) is 12.8 Å². The summed E-state index contributed by atoms with van der Waals surface area (Å²) in [5.41, 5.74) is 0.337. The van der Waals surface area contributed by atoms with Crippen LogP contribution in [0.3, 0.4) is 0 Å². The Labute approximate surface area is 115 Å². The predicted octanol–water partition coefficient (Wildman–Crippen LogP) is 3.32. The molecule has 98 valence electrons. The first-order chi connectivity index (χ1) is 8.99. The molecule has 2 aromatic rings. The number of hydrogen-bond acceptors (Lipinski definition) is 3. The molecule has 3 nitrogen and oxygen atoms in total. The molecule has 0 amide bonds. The van der Waals surface area contributed by atoms with Gasteiger partial charge in [0.05, 0.1) is 15.6 Å². The van der Waals surface area contributed by atoms with E-state index in [0.29, 0.717) is 10.7 Å². The number of benzene rings is 1. The second-order valence-electron chi connectivity index (χ2n) is 3.68. The maximum atomic E-state index is 13.0. The van der Waals surface area contributed by atoms with Crippen LogP contribution in [0.1, 0.15) is 5.69 Å². The van der Waals surface area contributed by atoms with Gasteiger partial charge >= 0.3 is 0 Å². The summed E-state index contributed by atoms with van der Waals surface area (Å²) in [6, 6.07) is 8.04. The summed E-state index contributed by atoms with van der Waals surface area (Å²) in [7, 11) is -3.72. The average Bonchev–Trinajstić information content (AvgIpc) is 2.38. The number of sulfone groups is 1. The summed E-state index contributed by atoms with van der Waals surface area (Å²) >= 11 is 5.86. The van der Waals surface area contributed by atoms with Gasteiger partial charge in [-0.15, -0.1) is 0 Å². The van der Waals surface area contributed by atoms with Crippen LogP contribution < -0.4 is 0 Å². The van der Waals surface area contributed by atoms with Gasteiger partial charge in [0.25, 0.3) is 0 Å². The van der Waals surface area contributed by atoms with Crippen molar-refractivity contribution in [3.8, 4) is 0 Å². The summed E-state index contributed by atoms with van der Waals surface area (Å²) in [4.78, 5) is 3.82. The number of pyridine rings is 1. The van der Waals surface area contributed by atoms with Crippen LogP contribution in [-0.4, -0.2) is 13.4 Å². The Kier molecular flexibility index (Phi) is 3.97. The van der Waals surface area contributed by atoms with Crippen molar-refractivity contribution in [1.29, 1.82) is 0 Å². The maximum absolute atomic E-state index is 13.0. The molecule has 1 heterocycles.